The molecule has 3 rings (SSSR count). The molecule has 7 nitrogen and oxygen atoms in total. The van der Waals surface area contributed by atoms with Crippen molar-refractivity contribution in [1.82, 2.24) is 14.8 Å². The molecule has 1 N–H and O–H groups in total. The monoisotopic (exact) mass is 384 g/mol. The second-order valence-electron chi connectivity index (χ2n) is 5.59. The highest BCUT2D eigenvalue weighted by atomic mass is 32.2. The maximum atomic E-state index is 11.2. The Morgan fingerprint density at radius 2 is 1.96 bits per heavy atom. The molecule has 0 saturated carbocycles. The van der Waals surface area contributed by atoms with Gasteiger partial charge in [0.2, 0.25) is 5.91 Å². The lowest BCUT2D eigenvalue weighted by molar-refractivity contribution is -0.114. The van der Waals surface area contributed by atoms with E-state index in [2.05, 4.69) is 15.5 Å². The molecule has 1 amide bonds. The molecule has 0 atom stereocenters. The van der Waals surface area contributed by atoms with Gasteiger partial charge in [0.1, 0.15) is 17.8 Å². The molecule has 0 unspecified atom stereocenters. The Morgan fingerprint density at radius 1 is 1.19 bits per heavy atom. The Bertz CT molecular complexity index is 896. The maximum Gasteiger partial charge on any atom is 0.221 e. The molecule has 0 fully saturated rings. The number of aromatic nitrogens is 3. The number of carbonyl (C=O) groups is 1. The van der Waals surface area contributed by atoms with Gasteiger partial charge in [-0.05, 0) is 42.5 Å². The molecule has 0 aliphatic heterocycles. The van der Waals surface area contributed by atoms with Gasteiger partial charge in [-0.3, -0.25) is 9.36 Å². The fourth-order valence-electron chi connectivity index (χ4n) is 2.40. The van der Waals surface area contributed by atoms with E-state index in [-0.39, 0.29) is 5.91 Å². The zero-order valence-corrected chi connectivity index (χ0v) is 15.9. The standard InChI is InChI=1S/C19H20N4O3S/c1-14(24)21-15-4-3-5-16(12-15)23-13-20-22-19(23)27-11-10-26-18-8-6-17(25-2)7-9-18/h3-9,12-13H,10-11H2,1-2H3,(H,21,24). The van der Waals surface area contributed by atoms with Gasteiger partial charge >= 0.3 is 0 Å². The molecule has 27 heavy (non-hydrogen) atoms. The molecular formula is C19H20N4O3S. The van der Waals surface area contributed by atoms with E-state index in [4.69, 9.17) is 9.47 Å². The number of carbonyl (C=O) groups excluding carboxylic acids is 1. The second-order valence-corrected chi connectivity index (χ2v) is 6.65. The maximum absolute atomic E-state index is 11.2. The third-order valence-electron chi connectivity index (χ3n) is 3.60. The number of benzene rings is 2. The smallest absolute Gasteiger partial charge is 0.221 e. The minimum atomic E-state index is -0.110. The SMILES string of the molecule is COc1ccc(OCCSc2nncn2-c2cccc(NC(C)=O)c2)cc1. The van der Waals surface area contributed by atoms with Gasteiger partial charge in [-0.15, -0.1) is 10.2 Å². The van der Waals surface area contributed by atoms with E-state index in [9.17, 15) is 4.79 Å². The first-order valence-electron chi connectivity index (χ1n) is 8.33. The number of ether oxygens (including phenoxy) is 2. The Labute approximate surface area is 161 Å². The number of amides is 1. The van der Waals surface area contributed by atoms with Crippen LogP contribution in [-0.4, -0.2) is 40.1 Å². The summed E-state index contributed by atoms with van der Waals surface area (Å²) in [4.78, 5) is 11.2. The zero-order valence-electron chi connectivity index (χ0n) is 15.1. The van der Waals surface area contributed by atoms with Crippen molar-refractivity contribution in [2.75, 3.05) is 24.8 Å². The number of thioether (sulfide) groups is 1. The third kappa shape index (κ3) is 5.24. The van der Waals surface area contributed by atoms with E-state index >= 15 is 0 Å². The lowest BCUT2D eigenvalue weighted by Crippen LogP contribution is -2.06. The normalized spacial score (nSPS) is 10.4. The third-order valence-corrected chi connectivity index (χ3v) is 4.51. The van der Waals surface area contributed by atoms with E-state index in [1.807, 2.05) is 53.1 Å². The van der Waals surface area contributed by atoms with Gasteiger partial charge in [-0.25, -0.2) is 0 Å². The van der Waals surface area contributed by atoms with Gasteiger partial charge in [0.15, 0.2) is 5.16 Å². The lowest BCUT2D eigenvalue weighted by Gasteiger charge is -2.09. The molecule has 2 aromatic carbocycles. The summed E-state index contributed by atoms with van der Waals surface area (Å²) in [6.07, 6.45) is 1.65. The Kier molecular flexibility index (Phi) is 6.32. The summed E-state index contributed by atoms with van der Waals surface area (Å²) in [5.41, 5.74) is 1.61. The number of anilines is 1. The number of nitrogens with zero attached hydrogens (tertiary/aromatic N) is 3. The van der Waals surface area contributed by atoms with E-state index in [1.54, 1.807) is 25.2 Å². The van der Waals surface area contributed by atoms with Crippen molar-refractivity contribution < 1.29 is 14.3 Å². The molecule has 0 saturated heterocycles. The molecule has 3 aromatic rings. The molecule has 1 heterocycles. The Balaban J connectivity index is 1.58. The molecule has 8 heteroatoms. The molecular weight excluding hydrogens is 364 g/mol. The molecule has 0 aliphatic carbocycles. The van der Waals surface area contributed by atoms with Gasteiger partial charge in [0.25, 0.3) is 0 Å². The van der Waals surface area contributed by atoms with Crippen molar-refractivity contribution in [3.05, 3.63) is 54.9 Å². The minimum absolute atomic E-state index is 0.110. The summed E-state index contributed by atoms with van der Waals surface area (Å²) in [7, 11) is 1.63. The van der Waals surface area contributed by atoms with Gasteiger partial charge in [0.05, 0.1) is 19.4 Å². The van der Waals surface area contributed by atoms with Crippen LogP contribution in [-0.2, 0) is 4.79 Å². The van der Waals surface area contributed by atoms with E-state index in [0.717, 1.165) is 33.8 Å². The second kappa shape index (κ2) is 9.09. The predicted molar refractivity (Wildman–Crippen MR) is 105 cm³/mol. The fraction of sp³-hybridized carbons (Fsp3) is 0.211. The van der Waals surface area contributed by atoms with Crippen molar-refractivity contribution in [2.45, 2.75) is 12.1 Å². The summed E-state index contributed by atoms with van der Waals surface area (Å²) in [6.45, 7) is 2.02. The van der Waals surface area contributed by atoms with E-state index in [1.165, 1.54) is 6.92 Å². The lowest BCUT2D eigenvalue weighted by atomic mass is 10.2. The van der Waals surface area contributed by atoms with Crippen LogP contribution in [0.1, 0.15) is 6.92 Å². The van der Waals surface area contributed by atoms with Crippen LogP contribution in [0.5, 0.6) is 11.5 Å². The predicted octanol–water partition coefficient (Wildman–Crippen LogP) is 3.41. The molecule has 1 aromatic heterocycles. The van der Waals surface area contributed by atoms with Crippen LogP contribution in [0.15, 0.2) is 60.0 Å². The van der Waals surface area contributed by atoms with E-state index in [0.29, 0.717) is 6.61 Å². The number of rotatable bonds is 8. The quantitative estimate of drug-likeness (QED) is 0.474. The van der Waals surface area contributed by atoms with Crippen LogP contribution < -0.4 is 14.8 Å². The number of hydrogen-bond acceptors (Lipinski definition) is 6. The molecule has 0 spiro atoms. The molecule has 0 bridgehead atoms. The average molecular weight is 384 g/mol. The van der Waals surface area contributed by atoms with Crippen LogP contribution in [0.25, 0.3) is 5.69 Å². The topological polar surface area (TPSA) is 78.3 Å². The first kappa shape index (κ1) is 18.8. The number of nitrogens with one attached hydrogen (secondary N) is 1. The average Bonchev–Trinajstić information content (AvgIpc) is 3.14. The molecule has 0 radical (unpaired) electrons. The highest BCUT2D eigenvalue weighted by molar-refractivity contribution is 7.99. The van der Waals surface area contributed by atoms with Crippen LogP contribution in [0.3, 0.4) is 0 Å². The minimum Gasteiger partial charge on any atom is -0.497 e. The summed E-state index contributed by atoms with van der Waals surface area (Å²) in [5.74, 6) is 2.20. The Morgan fingerprint density at radius 3 is 2.70 bits per heavy atom. The van der Waals surface area contributed by atoms with Crippen molar-refractivity contribution >= 4 is 23.4 Å². The summed E-state index contributed by atoms with van der Waals surface area (Å²) < 4.78 is 12.7. The highest BCUT2D eigenvalue weighted by Crippen LogP contribution is 2.22. The van der Waals surface area contributed by atoms with Gasteiger partial charge in [0, 0.05) is 18.4 Å². The van der Waals surface area contributed by atoms with Crippen molar-refractivity contribution in [3.8, 4) is 17.2 Å². The van der Waals surface area contributed by atoms with Gasteiger partial charge < -0.3 is 14.8 Å². The number of methoxy groups -OCH3 is 1. The van der Waals surface area contributed by atoms with Crippen LogP contribution in [0.4, 0.5) is 5.69 Å². The molecule has 140 valence electrons. The first-order valence-corrected chi connectivity index (χ1v) is 9.32. The van der Waals surface area contributed by atoms with E-state index < -0.39 is 0 Å². The fourth-order valence-corrected chi connectivity index (χ4v) is 3.15. The summed E-state index contributed by atoms with van der Waals surface area (Å²) >= 11 is 1.55. The van der Waals surface area contributed by atoms with Gasteiger partial charge in [-0.1, -0.05) is 17.8 Å². The zero-order chi connectivity index (χ0) is 19.1. The van der Waals surface area contributed by atoms with Crippen LogP contribution in [0, 0.1) is 0 Å². The largest absolute Gasteiger partial charge is 0.497 e. The first-order chi connectivity index (χ1) is 13.2. The van der Waals surface area contributed by atoms with Crippen molar-refractivity contribution in [3.63, 3.8) is 0 Å². The molecule has 0 aliphatic rings. The van der Waals surface area contributed by atoms with Crippen LogP contribution >= 0.6 is 11.8 Å². The van der Waals surface area contributed by atoms with Gasteiger partial charge in [-0.2, -0.15) is 0 Å². The van der Waals surface area contributed by atoms with Crippen LogP contribution in [0.2, 0.25) is 0 Å². The summed E-state index contributed by atoms with van der Waals surface area (Å²) in [5, 5.41) is 11.7. The highest BCUT2D eigenvalue weighted by Gasteiger charge is 2.08. The number of hydrogen-bond donors (Lipinski definition) is 1. The summed E-state index contributed by atoms with van der Waals surface area (Å²) in [6, 6.07) is 15.0. The Hall–Kier alpha value is -3.00. The van der Waals surface area contributed by atoms with Crippen molar-refractivity contribution in [1.29, 1.82) is 0 Å². The van der Waals surface area contributed by atoms with Crippen molar-refractivity contribution in [2.24, 2.45) is 0 Å².